The van der Waals surface area contributed by atoms with Crippen LogP contribution in [0.2, 0.25) is 0 Å². The van der Waals surface area contributed by atoms with Gasteiger partial charge in [-0.25, -0.2) is 0 Å². The van der Waals surface area contributed by atoms with E-state index in [2.05, 4.69) is 11.1 Å². The average Bonchev–Trinajstić information content (AvgIpc) is 2.47. The molecule has 3 rings (SSSR count). The molecule has 2 atom stereocenters. The molecule has 0 amide bonds. The third-order valence-corrected chi connectivity index (χ3v) is 4.50. The van der Waals surface area contributed by atoms with Crippen LogP contribution in [-0.4, -0.2) is 23.0 Å². The van der Waals surface area contributed by atoms with Gasteiger partial charge in [0.05, 0.1) is 11.6 Å². The van der Waals surface area contributed by atoms with Gasteiger partial charge in [0.2, 0.25) is 0 Å². The number of rotatable bonds is 2. The molecule has 3 heteroatoms. The minimum atomic E-state index is -0.588. The van der Waals surface area contributed by atoms with Crippen LogP contribution in [-0.2, 0) is 16.0 Å². The fraction of sp³-hybridized carbons (Fsp3) is 0.625. The molecule has 3 nitrogen and oxygen atoms in total. The van der Waals surface area contributed by atoms with Crippen molar-refractivity contribution in [2.75, 3.05) is 6.61 Å². The first-order valence-corrected chi connectivity index (χ1v) is 7.33. The maximum absolute atomic E-state index is 12.9. The van der Waals surface area contributed by atoms with E-state index in [1.165, 1.54) is 5.56 Å². The molecule has 1 aromatic heterocycles. The van der Waals surface area contributed by atoms with Gasteiger partial charge in [0.25, 0.3) is 0 Å². The fourth-order valence-electron chi connectivity index (χ4n) is 3.36. The minimum absolute atomic E-state index is 0.0620. The SMILES string of the molecule is CC1(C(=O)C2CCCc3cccnc32)CCCCO1. The van der Waals surface area contributed by atoms with Gasteiger partial charge < -0.3 is 4.74 Å². The highest BCUT2D eigenvalue weighted by Gasteiger charge is 2.42. The lowest BCUT2D eigenvalue weighted by atomic mass is 9.77. The summed E-state index contributed by atoms with van der Waals surface area (Å²) in [5, 5.41) is 0. The lowest BCUT2D eigenvalue weighted by Gasteiger charge is -2.36. The van der Waals surface area contributed by atoms with E-state index in [9.17, 15) is 4.79 Å². The summed E-state index contributed by atoms with van der Waals surface area (Å²) in [6.45, 7) is 2.68. The van der Waals surface area contributed by atoms with Crippen LogP contribution in [0.1, 0.15) is 56.2 Å². The van der Waals surface area contributed by atoms with Crippen molar-refractivity contribution in [3.63, 3.8) is 0 Å². The maximum Gasteiger partial charge on any atom is 0.173 e. The Morgan fingerprint density at radius 3 is 3.11 bits per heavy atom. The lowest BCUT2D eigenvalue weighted by Crippen LogP contribution is -2.44. The van der Waals surface area contributed by atoms with Gasteiger partial charge in [-0.3, -0.25) is 9.78 Å². The van der Waals surface area contributed by atoms with E-state index in [0.717, 1.165) is 44.2 Å². The van der Waals surface area contributed by atoms with Gasteiger partial charge in [-0.1, -0.05) is 6.07 Å². The highest BCUT2D eigenvalue weighted by atomic mass is 16.5. The smallest absolute Gasteiger partial charge is 0.173 e. The highest BCUT2D eigenvalue weighted by molar-refractivity contribution is 5.93. The molecule has 19 heavy (non-hydrogen) atoms. The number of hydrogen-bond acceptors (Lipinski definition) is 3. The van der Waals surface area contributed by atoms with Crippen LogP contribution in [0.4, 0.5) is 0 Å². The number of ketones is 1. The van der Waals surface area contributed by atoms with Crippen LogP contribution in [0.25, 0.3) is 0 Å². The number of carbonyl (C=O) groups excluding carboxylic acids is 1. The van der Waals surface area contributed by atoms with E-state index in [1.54, 1.807) is 6.20 Å². The number of carbonyl (C=O) groups is 1. The van der Waals surface area contributed by atoms with Crippen LogP contribution in [0.15, 0.2) is 18.3 Å². The number of Topliss-reactive ketones (excluding diaryl/α,β-unsaturated/α-hetero) is 1. The molecule has 0 bridgehead atoms. The Labute approximate surface area is 114 Å². The highest BCUT2D eigenvalue weighted by Crippen LogP contribution is 2.37. The van der Waals surface area contributed by atoms with E-state index < -0.39 is 5.60 Å². The Bertz CT molecular complexity index is 477. The molecule has 2 unspecified atom stereocenters. The van der Waals surface area contributed by atoms with Gasteiger partial charge >= 0.3 is 0 Å². The van der Waals surface area contributed by atoms with E-state index in [4.69, 9.17) is 4.74 Å². The van der Waals surface area contributed by atoms with Crippen molar-refractivity contribution in [3.05, 3.63) is 29.6 Å². The van der Waals surface area contributed by atoms with E-state index in [-0.39, 0.29) is 11.7 Å². The van der Waals surface area contributed by atoms with Gasteiger partial charge in [0.1, 0.15) is 5.60 Å². The lowest BCUT2D eigenvalue weighted by molar-refractivity contribution is -0.150. The summed E-state index contributed by atoms with van der Waals surface area (Å²) in [4.78, 5) is 17.3. The largest absolute Gasteiger partial charge is 0.367 e. The molecule has 2 heterocycles. The zero-order chi connectivity index (χ0) is 13.3. The first kappa shape index (κ1) is 12.8. The molecule has 1 aliphatic heterocycles. The van der Waals surface area contributed by atoms with Gasteiger partial charge in [-0.05, 0) is 57.1 Å². The Morgan fingerprint density at radius 2 is 2.32 bits per heavy atom. The third kappa shape index (κ3) is 2.32. The summed E-state index contributed by atoms with van der Waals surface area (Å²) in [6.07, 6.45) is 7.85. The number of aryl methyl sites for hydroxylation is 1. The van der Waals surface area contributed by atoms with Crippen molar-refractivity contribution in [2.45, 2.75) is 57.0 Å². The quantitative estimate of drug-likeness (QED) is 0.819. The molecule has 0 spiro atoms. The van der Waals surface area contributed by atoms with E-state index in [1.807, 2.05) is 13.0 Å². The molecular formula is C16H21NO2. The normalized spacial score (nSPS) is 30.7. The Hall–Kier alpha value is -1.22. The second kappa shape index (κ2) is 5.04. The zero-order valence-electron chi connectivity index (χ0n) is 11.5. The van der Waals surface area contributed by atoms with E-state index >= 15 is 0 Å². The van der Waals surface area contributed by atoms with Crippen LogP contribution in [0, 0.1) is 0 Å². The summed E-state index contributed by atoms with van der Waals surface area (Å²) in [7, 11) is 0. The van der Waals surface area contributed by atoms with Gasteiger partial charge in [0.15, 0.2) is 5.78 Å². The number of aromatic nitrogens is 1. The summed E-state index contributed by atoms with van der Waals surface area (Å²) < 4.78 is 5.82. The van der Waals surface area contributed by atoms with Gasteiger partial charge in [-0.2, -0.15) is 0 Å². The average molecular weight is 259 g/mol. The molecule has 0 aromatic carbocycles. The van der Waals surface area contributed by atoms with Gasteiger partial charge in [-0.15, -0.1) is 0 Å². The molecule has 1 fully saturated rings. The minimum Gasteiger partial charge on any atom is -0.367 e. The molecule has 1 aromatic rings. The molecule has 2 aliphatic rings. The molecule has 1 saturated heterocycles. The number of fused-ring (bicyclic) bond motifs is 1. The van der Waals surface area contributed by atoms with Crippen molar-refractivity contribution in [3.8, 4) is 0 Å². The van der Waals surface area contributed by atoms with Gasteiger partial charge in [0, 0.05) is 12.8 Å². The molecular weight excluding hydrogens is 238 g/mol. The van der Waals surface area contributed by atoms with Crippen LogP contribution in [0.3, 0.4) is 0 Å². The second-order valence-electron chi connectivity index (χ2n) is 5.89. The fourth-order valence-corrected chi connectivity index (χ4v) is 3.36. The summed E-state index contributed by atoms with van der Waals surface area (Å²) >= 11 is 0. The van der Waals surface area contributed by atoms with Crippen molar-refractivity contribution in [1.29, 1.82) is 0 Å². The first-order valence-electron chi connectivity index (χ1n) is 7.33. The first-order chi connectivity index (χ1) is 9.21. The predicted molar refractivity (Wildman–Crippen MR) is 73.1 cm³/mol. The third-order valence-electron chi connectivity index (χ3n) is 4.50. The number of ether oxygens (including phenoxy) is 1. The summed E-state index contributed by atoms with van der Waals surface area (Å²) in [5.74, 6) is 0.180. The van der Waals surface area contributed by atoms with E-state index in [0.29, 0.717) is 6.61 Å². The molecule has 1 aliphatic carbocycles. The number of nitrogens with zero attached hydrogens (tertiary/aromatic N) is 1. The van der Waals surface area contributed by atoms with Crippen LogP contribution < -0.4 is 0 Å². The topological polar surface area (TPSA) is 39.2 Å². The number of hydrogen-bond donors (Lipinski definition) is 0. The van der Waals surface area contributed by atoms with Crippen molar-refractivity contribution in [2.24, 2.45) is 0 Å². The predicted octanol–water partition coefficient (Wildman–Crippen LogP) is 3.03. The standard InChI is InChI=1S/C16H21NO2/c1-16(9-2-3-11-19-16)15(18)13-8-4-6-12-7-5-10-17-14(12)13/h5,7,10,13H,2-4,6,8-9,11H2,1H3. The Morgan fingerprint density at radius 1 is 1.42 bits per heavy atom. The van der Waals surface area contributed by atoms with Crippen molar-refractivity contribution < 1.29 is 9.53 Å². The van der Waals surface area contributed by atoms with Crippen molar-refractivity contribution >= 4 is 5.78 Å². The molecule has 0 saturated carbocycles. The zero-order valence-corrected chi connectivity index (χ0v) is 11.5. The number of pyridine rings is 1. The molecule has 0 radical (unpaired) electrons. The molecule has 102 valence electrons. The summed E-state index contributed by atoms with van der Waals surface area (Å²) in [5.41, 5.74) is 1.65. The Balaban J connectivity index is 1.88. The van der Waals surface area contributed by atoms with Crippen molar-refractivity contribution in [1.82, 2.24) is 4.98 Å². The van der Waals surface area contributed by atoms with Crippen LogP contribution >= 0.6 is 0 Å². The Kier molecular flexibility index (Phi) is 3.40. The monoisotopic (exact) mass is 259 g/mol. The maximum atomic E-state index is 12.9. The molecule has 0 N–H and O–H groups in total. The summed E-state index contributed by atoms with van der Waals surface area (Å²) in [6, 6.07) is 4.07. The second-order valence-corrected chi connectivity index (χ2v) is 5.89. The van der Waals surface area contributed by atoms with Crippen LogP contribution in [0.5, 0.6) is 0 Å².